The van der Waals surface area contributed by atoms with Crippen LogP contribution in [-0.2, 0) is 21.3 Å². The van der Waals surface area contributed by atoms with E-state index in [2.05, 4.69) is 15.8 Å². The predicted molar refractivity (Wildman–Crippen MR) is 100 cm³/mol. The molecule has 2 aromatic carbocycles. The number of nitrogens with zero attached hydrogens (tertiary/aromatic N) is 1. The number of hydroxylamine groups is 1. The molecule has 8 heteroatoms. The molecule has 0 saturated heterocycles. The van der Waals surface area contributed by atoms with Crippen LogP contribution >= 0.6 is 0 Å². The van der Waals surface area contributed by atoms with E-state index < -0.39 is 23.2 Å². The van der Waals surface area contributed by atoms with Gasteiger partial charge in [-0.25, -0.2) is 10.5 Å². The largest absolute Gasteiger partial charge is 0.416 e. The molecular weight excluding hydrogens is 383 g/mol. The summed E-state index contributed by atoms with van der Waals surface area (Å²) in [6.45, 7) is 0. The lowest BCUT2D eigenvalue weighted by atomic mass is 9.71. The summed E-state index contributed by atoms with van der Waals surface area (Å²) in [6, 6.07) is 14.1. The molecule has 2 aliphatic rings. The molecule has 5 nitrogen and oxygen atoms in total. The normalized spacial score (nSPS) is 17.8. The zero-order chi connectivity index (χ0) is 20.5. The van der Waals surface area contributed by atoms with Crippen LogP contribution in [0.2, 0.25) is 0 Å². The van der Waals surface area contributed by atoms with E-state index in [0.717, 1.165) is 24.1 Å². The quantitative estimate of drug-likeness (QED) is 0.813. The smallest absolute Gasteiger partial charge is 0.386 e. The summed E-state index contributed by atoms with van der Waals surface area (Å²) >= 11 is 0. The first-order valence-corrected chi connectivity index (χ1v) is 9.14. The number of carbonyl (C=O) groups is 1. The van der Waals surface area contributed by atoms with Gasteiger partial charge in [0.2, 0.25) is 0 Å². The Hall–Kier alpha value is -3.29. The van der Waals surface area contributed by atoms with E-state index in [-0.39, 0.29) is 5.70 Å². The van der Waals surface area contributed by atoms with E-state index in [9.17, 15) is 18.0 Å². The van der Waals surface area contributed by atoms with Gasteiger partial charge in [-0.2, -0.15) is 13.2 Å². The molecule has 1 aliphatic carbocycles. The summed E-state index contributed by atoms with van der Waals surface area (Å²) in [5, 5.41) is 2.94. The molecule has 4 rings (SSSR count). The highest BCUT2D eigenvalue weighted by Crippen LogP contribution is 2.42. The van der Waals surface area contributed by atoms with Crippen molar-refractivity contribution in [1.82, 2.24) is 10.8 Å². The van der Waals surface area contributed by atoms with Gasteiger partial charge in [-0.15, -0.1) is 0 Å². The molecule has 1 amide bonds. The third-order valence-electron chi connectivity index (χ3n) is 5.16. The highest BCUT2D eigenvalue weighted by molar-refractivity contribution is 6.03. The molecule has 0 spiro atoms. The molecule has 0 radical (unpaired) electrons. The molecule has 0 aromatic heterocycles. The number of halogens is 3. The van der Waals surface area contributed by atoms with Gasteiger partial charge in [-0.1, -0.05) is 42.5 Å². The van der Waals surface area contributed by atoms with Crippen molar-refractivity contribution in [2.45, 2.75) is 31.0 Å². The lowest BCUT2D eigenvalue weighted by Crippen LogP contribution is -2.51. The number of carbonyl (C=O) groups excluding carboxylic acids is 1. The fraction of sp³-hybridized carbons (Fsp3) is 0.238. The number of aliphatic imine (C=N–C) groups is 1. The Morgan fingerprint density at radius 2 is 1.76 bits per heavy atom. The van der Waals surface area contributed by atoms with Crippen molar-refractivity contribution < 1.29 is 22.8 Å². The number of amidine groups is 1. The van der Waals surface area contributed by atoms with Gasteiger partial charge in [-0.05, 0) is 37.0 Å². The first-order valence-electron chi connectivity index (χ1n) is 9.14. The SMILES string of the molecule is O=C(NC1(c2ccc(C(F)(F)F)cc2)CCC1)C1=CONC(c2ccccc2)=N1. The first-order chi connectivity index (χ1) is 13.9. The van der Waals surface area contributed by atoms with Crippen molar-refractivity contribution in [3.8, 4) is 0 Å². The topological polar surface area (TPSA) is 62.7 Å². The summed E-state index contributed by atoms with van der Waals surface area (Å²) in [5.41, 5.74) is 2.72. The van der Waals surface area contributed by atoms with Gasteiger partial charge in [-0.3, -0.25) is 4.79 Å². The Kier molecular flexibility index (Phi) is 4.77. The standard InChI is InChI=1S/C21H18F3N3O2/c22-21(23,24)16-9-7-15(8-10-16)20(11-4-12-20)26-19(28)17-13-29-27-18(25-17)14-5-2-1-3-6-14/h1-3,5-10,13H,4,11-12H2,(H,25,27)(H,26,28). The summed E-state index contributed by atoms with van der Waals surface area (Å²) in [7, 11) is 0. The number of benzene rings is 2. The van der Waals surface area contributed by atoms with E-state index in [1.807, 2.05) is 30.3 Å². The molecule has 1 saturated carbocycles. The molecule has 0 unspecified atom stereocenters. The Bertz CT molecular complexity index is 963. The maximum Gasteiger partial charge on any atom is 0.416 e. The van der Waals surface area contributed by atoms with Crippen molar-refractivity contribution >= 4 is 11.7 Å². The van der Waals surface area contributed by atoms with Crippen molar-refractivity contribution in [3.63, 3.8) is 0 Å². The van der Waals surface area contributed by atoms with E-state index in [4.69, 9.17) is 4.84 Å². The zero-order valence-electron chi connectivity index (χ0n) is 15.3. The lowest BCUT2D eigenvalue weighted by molar-refractivity contribution is -0.137. The van der Waals surface area contributed by atoms with E-state index in [0.29, 0.717) is 24.2 Å². The highest BCUT2D eigenvalue weighted by Gasteiger charge is 2.41. The van der Waals surface area contributed by atoms with Crippen LogP contribution in [0.15, 0.2) is 71.5 Å². The van der Waals surface area contributed by atoms with Gasteiger partial charge in [0.15, 0.2) is 17.8 Å². The van der Waals surface area contributed by atoms with Crippen LogP contribution in [0, 0.1) is 0 Å². The van der Waals surface area contributed by atoms with Gasteiger partial charge in [0, 0.05) is 5.56 Å². The first kappa shape index (κ1) is 19.0. The molecule has 2 N–H and O–H groups in total. The molecule has 29 heavy (non-hydrogen) atoms. The number of hydrogen-bond acceptors (Lipinski definition) is 4. The fourth-order valence-corrected chi connectivity index (χ4v) is 3.41. The molecule has 2 aromatic rings. The lowest BCUT2D eigenvalue weighted by Gasteiger charge is -2.43. The van der Waals surface area contributed by atoms with Crippen LogP contribution in [0.3, 0.4) is 0 Å². The Morgan fingerprint density at radius 1 is 1.07 bits per heavy atom. The second-order valence-electron chi connectivity index (χ2n) is 7.01. The fourth-order valence-electron chi connectivity index (χ4n) is 3.41. The maximum atomic E-state index is 12.8. The van der Waals surface area contributed by atoms with Crippen molar-refractivity contribution in [3.05, 3.63) is 83.2 Å². The minimum Gasteiger partial charge on any atom is -0.386 e. The minimum atomic E-state index is -4.39. The molecule has 1 fully saturated rings. The Labute approximate surface area is 165 Å². The van der Waals surface area contributed by atoms with E-state index >= 15 is 0 Å². The van der Waals surface area contributed by atoms with Gasteiger partial charge in [0.05, 0.1) is 11.1 Å². The molecule has 0 atom stereocenters. The van der Waals surface area contributed by atoms with Gasteiger partial charge < -0.3 is 10.2 Å². The van der Waals surface area contributed by atoms with Crippen molar-refractivity contribution in [1.29, 1.82) is 0 Å². The number of alkyl halides is 3. The number of nitrogens with one attached hydrogen (secondary N) is 2. The Morgan fingerprint density at radius 3 is 2.34 bits per heavy atom. The summed E-state index contributed by atoms with van der Waals surface area (Å²) in [6.07, 6.45) is -1.02. The average molecular weight is 401 g/mol. The minimum absolute atomic E-state index is 0.0841. The van der Waals surface area contributed by atoms with Gasteiger partial charge >= 0.3 is 6.18 Å². The molecule has 0 bridgehead atoms. The molecular formula is C21H18F3N3O2. The van der Waals surface area contributed by atoms with Crippen molar-refractivity contribution in [2.75, 3.05) is 0 Å². The highest BCUT2D eigenvalue weighted by atomic mass is 19.4. The average Bonchev–Trinajstić information content (AvgIpc) is 2.71. The summed E-state index contributed by atoms with van der Waals surface area (Å²) < 4.78 is 38.5. The van der Waals surface area contributed by atoms with Crippen LogP contribution in [0.4, 0.5) is 13.2 Å². The number of amides is 1. The zero-order valence-corrected chi connectivity index (χ0v) is 15.3. The van der Waals surface area contributed by atoms with Crippen LogP contribution in [-0.4, -0.2) is 11.7 Å². The second-order valence-corrected chi connectivity index (χ2v) is 7.01. The van der Waals surface area contributed by atoms with Gasteiger partial charge in [0.25, 0.3) is 5.91 Å². The maximum absolute atomic E-state index is 12.8. The van der Waals surface area contributed by atoms with E-state index in [1.165, 1.54) is 18.4 Å². The second kappa shape index (κ2) is 7.27. The van der Waals surface area contributed by atoms with Crippen LogP contribution < -0.4 is 10.8 Å². The van der Waals surface area contributed by atoms with Crippen LogP contribution in [0.5, 0.6) is 0 Å². The van der Waals surface area contributed by atoms with Crippen LogP contribution in [0.25, 0.3) is 0 Å². The molecule has 1 aliphatic heterocycles. The molecule has 150 valence electrons. The number of rotatable bonds is 4. The number of hydrogen-bond donors (Lipinski definition) is 2. The van der Waals surface area contributed by atoms with Crippen molar-refractivity contribution in [2.24, 2.45) is 4.99 Å². The monoisotopic (exact) mass is 401 g/mol. The van der Waals surface area contributed by atoms with E-state index in [1.54, 1.807) is 0 Å². The summed E-state index contributed by atoms with van der Waals surface area (Å²) in [5.74, 6) is -0.0463. The summed E-state index contributed by atoms with van der Waals surface area (Å²) in [4.78, 5) is 22.3. The third-order valence-corrected chi connectivity index (χ3v) is 5.16. The third kappa shape index (κ3) is 3.83. The molecule has 1 heterocycles. The van der Waals surface area contributed by atoms with Gasteiger partial charge in [0.1, 0.15) is 0 Å². The Balaban J connectivity index is 1.53. The van der Waals surface area contributed by atoms with Crippen LogP contribution in [0.1, 0.15) is 36.0 Å². The predicted octanol–water partition coefficient (Wildman–Crippen LogP) is 4.02.